The second kappa shape index (κ2) is 7.10. The lowest BCUT2D eigenvalue weighted by molar-refractivity contribution is 0.748. The minimum Gasteiger partial charge on any atom is -0.354 e. The van der Waals surface area contributed by atoms with E-state index in [1.807, 2.05) is 18.3 Å². The average molecular weight is 364 g/mol. The van der Waals surface area contributed by atoms with Gasteiger partial charge in [0.2, 0.25) is 0 Å². The van der Waals surface area contributed by atoms with Crippen molar-refractivity contribution in [2.24, 2.45) is 5.73 Å². The van der Waals surface area contributed by atoms with Gasteiger partial charge in [-0.05, 0) is 62.1 Å². The van der Waals surface area contributed by atoms with Crippen molar-refractivity contribution in [3.8, 4) is 11.3 Å². The van der Waals surface area contributed by atoms with E-state index in [2.05, 4.69) is 47.2 Å². The van der Waals surface area contributed by atoms with Gasteiger partial charge in [0, 0.05) is 27.6 Å². The van der Waals surface area contributed by atoms with Gasteiger partial charge in [0.1, 0.15) is 0 Å². The molecule has 2 aromatic carbocycles. The number of hydrogen-bond donors (Lipinski definition) is 2. The van der Waals surface area contributed by atoms with Crippen molar-refractivity contribution in [2.45, 2.75) is 26.2 Å². The van der Waals surface area contributed by atoms with Gasteiger partial charge in [-0.3, -0.25) is 4.98 Å². The molecule has 3 N–H and O–H groups in total. The van der Waals surface area contributed by atoms with Crippen LogP contribution < -0.4 is 5.73 Å². The number of unbranched alkanes of at least 4 members (excludes halogenated alkanes) is 1. The van der Waals surface area contributed by atoms with Crippen LogP contribution in [0.15, 0.2) is 48.7 Å². The number of aryl methyl sites for hydroxylation is 2. The average Bonchev–Trinajstić information content (AvgIpc) is 3.04. The van der Waals surface area contributed by atoms with Gasteiger partial charge >= 0.3 is 0 Å². The molecule has 2 heterocycles. The molecule has 0 aliphatic heterocycles. The van der Waals surface area contributed by atoms with Crippen LogP contribution in [-0.2, 0) is 6.42 Å². The van der Waals surface area contributed by atoms with E-state index in [1.165, 1.54) is 22.2 Å². The molecule has 0 fully saturated rings. The summed E-state index contributed by atoms with van der Waals surface area (Å²) >= 11 is 6.37. The van der Waals surface area contributed by atoms with Gasteiger partial charge in [-0.2, -0.15) is 0 Å². The molecule has 2 aromatic heterocycles. The highest BCUT2D eigenvalue weighted by molar-refractivity contribution is 6.32. The quantitative estimate of drug-likeness (QED) is 0.452. The van der Waals surface area contributed by atoms with Crippen LogP contribution in [0.1, 0.15) is 24.0 Å². The largest absolute Gasteiger partial charge is 0.354 e. The van der Waals surface area contributed by atoms with E-state index in [9.17, 15) is 0 Å². The molecule has 0 saturated carbocycles. The Hall–Kier alpha value is -2.36. The van der Waals surface area contributed by atoms with E-state index in [4.69, 9.17) is 17.3 Å². The van der Waals surface area contributed by atoms with E-state index in [0.29, 0.717) is 0 Å². The third-order valence-corrected chi connectivity index (χ3v) is 5.48. The number of hydrogen-bond acceptors (Lipinski definition) is 2. The lowest BCUT2D eigenvalue weighted by Gasteiger charge is -2.08. The van der Waals surface area contributed by atoms with Crippen molar-refractivity contribution in [1.82, 2.24) is 9.97 Å². The highest BCUT2D eigenvalue weighted by Crippen LogP contribution is 2.37. The van der Waals surface area contributed by atoms with E-state index < -0.39 is 0 Å². The third-order valence-electron chi connectivity index (χ3n) is 5.07. The molecular weight excluding hydrogens is 342 g/mol. The van der Waals surface area contributed by atoms with E-state index in [-0.39, 0.29) is 0 Å². The molecule has 0 amide bonds. The standard InChI is InChI=1S/C22H22ClN3/c1-14-19(23)11-10-18-17(6-2-3-12-24)22(26-21(14)18)16-7-4-9-20-15(16)8-5-13-25-20/h4-5,7-11,13,26H,2-3,6,12,24H2,1H3. The molecule has 0 radical (unpaired) electrons. The van der Waals surface area contributed by atoms with Crippen LogP contribution >= 0.6 is 11.6 Å². The van der Waals surface area contributed by atoms with Crippen LogP contribution in [-0.4, -0.2) is 16.5 Å². The zero-order chi connectivity index (χ0) is 18.1. The maximum absolute atomic E-state index is 6.37. The Morgan fingerprint density at radius 2 is 1.92 bits per heavy atom. The van der Waals surface area contributed by atoms with Gasteiger partial charge in [0.15, 0.2) is 0 Å². The first-order chi connectivity index (χ1) is 12.7. The third kappa shape index (κ3) is 2.87. The molecule has 26 heavy (non-hydrogen) atoms. The fourth-order valence-electron chi connectivity index (χ4n) is 3.69. The van der Waals surface area contributed by atoms with Gasteiger partial charge in [0.25, 0.3) is 0 Å². The van der Waals surface area contributed by atoms with E-state index in [0.717, 1.165) is 52.8 Å². The summed E-state index contributed by atoms with van der Waals surface area (Å²) in [6, 6.07) is 14.5. The normalized spacial score (nSPS) is 11.5. The minimum atomic E-state index is 0.723. The maximum atomic E-state index is 6.37. The van der Waals surface area contributed by atoms with Crippen LogP contribution in [0.4, 0.5) is 0 Å². The van der Waals surface area contributed by atoms with Crippen LogP contribution in [0, 0.1) is 6.92 Å². The van der Waals surface area contributed by atoms with Crippen LogP contribution in [0.5, 0.6) is 0 Å². The summed E-state index contributed by atoms with van der Waals surface area (Å²) in [4.78, 5) is 8.17. The summed E-state index contributed by atoms with van der Waals surface area (Å²) in [5.74, 6) is 0. The first-order valence-electron chi connectivity index (χ1n) is 9.04. The zero-order valence-corrected chi connectivity index (χ0v) is 15.6. The number of rotatable bonds is 5. The Balaban J connectivity index is 1.98. The summed E-state index contributed by atoms with van der Waals surface area (Å²) in [6.45, 7) is 2.79. The van der Waals surface area contributed by atoms with Gasteiger partial charge < -0.3 is 10.7 Å². The second-order valence-corrected chi connectivity index (χ2v) is 7.10. The van der Waals surface area contributed by atoms with E-state index >= 15 is 0 Å². The molecule has 0 aliphatic rings. The molecule has 4 aromatic rings. The number of aromatic nitrogens is 2. The summed E-state index contributed by atoms with van der Waals surface area (Å²) in [7, 11) is 0. The number of halogens is 1. The van der Waals surface area contributed by atoms with Gasteiger partial charge in [-0.25, -0.2) is 0 Å². The minimum absolute atomic E-state index is 0.723. The van der Waals surface area contributed by atoms with Crippen molar-refractivity contribution < 1.29 is 0 Å². The molecule has 3 nitrogen and oxygen atoms in total. The first kappa shape index (κ1) is 17.1. The van der Waals surface area contributed by atoms with E-state index in [1.54, 1.807) is 0 Å². The Labute approximate surface area is 158 Å². The van der Waals surface area contributed by atoms with Crippen molar-refractivity contribution in [2.75, 3.05) is 6.54 Å². The first-order valence-corrected chi connectivity index (χ1v) is 9.42. The molecule has 0 unspecified atom stereocenters. The van der Waals surface area contributed by atoms with Crippen molar-refractivity contribution >= 4 is 33.4 Å². The lowest BCUT2D eigenvalue weighted by Crippen LogP contribution is -1.99. The van der Waals surface area contributed by atoms with Crippen LogP contribution in [0.2, 0.25) is 5.02 Å². The van der Waals surface area contributed by atoms with Crippen molar-refractivity contribution in [3.63, 3.8) is 0 Å². The zero-order valence-electron chi connectivity index (χ0n) is 14.8. The highest BCUT2D eigenvalue weighted by atomic mass is 35.5. The molecule has 132 valence electrons. The summed E-state index contributed by atoms with van der Waals surface area (Å²) in [5, 5.41) is 3.20. The van der Waals surface area contributed by atoms with Crippen LogP contribution in [0.3, 0.4) is 0 Å². The number of fused-ring (bicyclic) bond motifs is 2. The summed E-state index contributed by atoms with van der Waals surface area (Å²) < 4.78 is 0. The lowest BCUT2D eigenvalue weighted by atomic mass is 9.97. The van der Waals surface area contributed by atoms with Crippen molar-refractivity contribution in [1.29, 1.82) is 0 Å². The number of pyridine rings is 1. The Kier molecular flexibility index (Phi) is 4.66. The van der Waals surface area contributed by atoms with Crippen molar-refractivity contribution in [3.05, 3.63) is 64.8 Å². The number of H-pyrrole nitrogens is 1. The summed E-state index contributed by atoms with van der Waals surface area (Å²) in [5.41, 5.74) is 12.6. The number of nitrogens with two attached hydrogens (primary N) is 1. The smallest absolute Gasteiger partial charge is 0.0708 e. The molecule has 4 rings (SSSR count). The molecular formula is C22H22ClN3. The maximum Gasteiger partial charge on any atom is 0.0708 e. The predicted molar refractivity (Wildman–Crippen MR) is 111 cm³/mol. The number of aromatic amines is 1. The molecule has 0 saturated heterocycles. The molecule has 4 heteroatoms. The Morgan fingerprint density at radius 3 is 2.77 bits per heavy atom. The van der Waals surface area contributed by atoms with Gasteiger partial charge in [-0.1, -0.05) is 35.9 Å². The molecule has 0 atom stereocenters. The van der Waals surface area contributed by atoms with Gasteiger partial charge in [0.05, 0.1) is 16.7 Å². The summed E-state index contributed by atoms with van der Waals surface area (Å²) in [6.07, 6.45) is 4.92. The Bertz CT molecular complexity index is 1080. The fraction of sp³-hybridized carbons (Fsp3) is 0.227. The number of nitrogens with zero attached hydrogens (tertiary/aromatic N) is 1. The molecule has 0 spiro atoms. The number of benzene rings is 2. The Morgan fingerprint density at radius 1 is 1.04 bits per heavy atom. The fourth-order valence-corrected chi connectivity index (χ4v) is 3.85. The SMILES string of the molecule is Cc1c(Cl)ccc2c(CCCCN)c(-c3cccc4ncccc34)[nH]c12. The molecule has 0 aliphatic carbocycles. The molecule has 0 bridgehead atoms. The van der Waals surface area contributed by atoms with Crippen LogP contribution in [0.25, 0.3) is 33.1 Å². The number of nitrogens with one attached hydrogen (secondary N) is 1. The monoisotopic (exact) mass is 363 g/mol. The van der Waals surface area contributed by atoms with Gasteiger partial charge in [-0.15, -0.1) is 0 Å². The highest BCUT2D eigenvalue weighted by Gasteiger charge is 2.17. The second-order valence-electron chi connectivity index (χ2n) is 6.69. The topological polar surface area (TPSA) is 54.7 Å². The predicted octanol–water partition coefficient (Wildman–Crippen LogP) is 5.63.